The van der Waals surface area contributed by atoms with Gasteiger partial charge in [0, 0.05) is 31.5 Å². The summed E-state index contributed by atoms with van der Waals surface area (Å²) in [7, 11) is 0. The molecule has 1 aromatic heterocycles. The minimum absolute atomic E-state index is 0.0578. The highest BCUT2D eigenvalue weighted by molar-refractivity contribution is 5.77. The summed E-state index contributed by atoms with van der Waals surface area (Å²) in [6.07, 6.45) is 3.42. The lowest BCUT2D eigenvalue weighted by molar-refractivity contribution is -0.122. The van der Waals surface area contributed by atoms with E-state index in [9.17, 15) is 4.79 Å². The monoisotopic (exact) mass is 335 g/mol. The van der Waals surface area contributed by atoms with Crippen LogP contribution in [0, 0.1) is 17.2 Å². The Morgan fingerprint density at radius 3 is 2.76 bits per heavy atom. The highest BCUT2D eigenvalue weighted by Crippen LogP contribution is 2.23. The molecule has 1 aliphatic rings. The number of nitrogens with zero attached hydrogens (tertiary/aromatic N) is 3. The fraction of sp³-hybridized carbons (Fsp3) is 0.316. The molecule has 128 valence electrons. The van der Waals surface area contributed by atoms with Crippen LogP contribution in [0.1, 0.15) is 24.0 Å². The molecule has 0 spiro atoms. The maximum atomic E-state index is 11.4. The van der Waals surface area contributed by atoms with Gasteiger partial charge < -0.3 is 16.0 Å². The molecule has 0 aliphatic carbocycles. The third-order valence-corrected chi connectivity index (χ3v) is 4.49. The maximum Gasteiger partial charge on any atom is 0.222 e. The van der Waals surface area contributed by atoms with Crippen LogP contribution >= 0.6 is 0 Å². The molecular formula is C19H21N5O. The first-order valence-electron chi connectivity index (χ1n) is 8.39. The van der Waals surface area contributed by atoms with Gasteiger partial charge in [-0.1, -0.05) is 12.1 Å². The number of pyridine rings is 1. The average molecular weight is 335 g/mol. The minimum Gasteiger partial charge on any atom is -0.371 e. The molecular weight excluding hydrogens is 314 g/mol. The van der Waals surface area contributed by atoms with Crippen molar-refractivity contribution in [3.63, 3.8) is 0 Å². The lowest BCUT2D eigenvalue weighted by Crippen LogP contribution is -2.41. The van der Waals surface area contributed by atoms with E-state index in [0.717, 1.165) is 36.5 Å². The average Bonchev–Trinajstić information content (AvgIpc) is 2.67. The summed E-state index contributed by atoms with van der Waals surface area (Å²) in [5, 5.41) is 12.0. The summed E-state index contributed by atoms with van der Waals surface area (Å²) in [6, 6.07) is 13.9. The number of rotatable bonds is 5. The topological polar surface area (TPSA) is 95.0 Å². The van der Waals surface area contributed by atoms with E-state index in [4.69, 9.17) is 11.0 Å². The number of primary amides is 1. The van der Waals surface area contributed by atoms with Gasteiger partial charge in [-0.15, -0.1) is 0 Å². The van der Waals surface area contributed by atoms with Crippen molar-refractivity contribution >= 4 is 17.4 Å². The standard InChI is InChI=1S/C19H21N5O/c20-10-15-5-8-18(23-12-15)22-11-14-3-6-17(7-4-14)24-9-1-2-16(13-24)19(21)25/h3-8,12,16H,1-2,9,11,13H2,(H2,21,25)(H,22,23)/t16-/m0/s1. The van der Waals surface area contributed by atoms with Crippen LogP contribution in [0.2, 0.25) is 0 Å². The Labute approximate surface area is 147 Å². The fourth-order valence-corrected chi connectivity index (χ4v) is 3.03. The smallest absolute Gasteiger partial charge is 0.222 e. The molecule has 1 aliphatic heterocycles. The second-order valence-corrected chi connectivity index (χ2v) is 6.25. The first-order valence-corrected chi connectivity index (χ1v) is 8.39. The number of carbonyl (C=O) groups is 1. The van der Waals surface area contributed by atoms with Crippen LogP contribution in [-0.2, 0) is 11.3 Å². The zero-order valence-corrected chi connectivity index (χ0v) is 14.0. The number of hydrogen-bond donors (Lipinski definition) is 2. The summed E-state index contributed by atoms with van der Waals surface area (Å²) in [5.41, 5.74) is 8.25. The summed E-state index contributed by atoms with van der Waals surface area (Å²) in [5.74, 6) is 0.474. The number of nitrogens with one attached hydrogen (secondary N) is 1. The number of piperidine rings is 1. The molecule has 1 fully saturated rings. The van der Waals surface area contributed by atoms with Gasteiger partial charge in [0.15, 0.2) is 0 Å². The number of anilines is 2. The van der Waals surface area contributed by atoms with Crippen LogP contribution in [0.4, 0.5) is 11.5 Å². The molecule has 1 amide bonds. The predicted octanol–water partition coefficient (Wildman–Crippen LogP) is 2.27. The Morgan fingerprint density at radius 2 is 2.12 bits per heavy atom. The van der Waals surface area contributed by atoms with Crippen molar-refractivity contribution in [3.8, 4) is 6.07 Å². The lowest BCUT2D eigenvalue weighted by Gasteiger charge is -2.33. The molecule has 6 nitrogen and oxygen atoms in total. The molecule has 0 unspecified atom stereocenters. The van der Waals surface area contributed by atoms with Crippen molar-refractivity contribution in [2.45, 2.75) is 19.4 Å². The summed E-state index contributed by atoms with van der Waals surface area (Å²) in [6.45, 7) is 2.31. The van der Waals surface area contributed by atoms with Crippen LogP contribution in [0.15, 0.2) is 42.6 Å². The molecule has 1 aromatic carbocycles. The van der Waals surface area contributed by atoms with Crippen LogP contribution in [0.5, 0.6) is 0 Å². The summed E-state index contributed by atoms with van der Waals surface area (Å²) in [4.78, 5) is 17.8. The van der Waals surface area contributed by atoms with Gasteiger partial charge in [-0.2, -0.15) is 5.26 Å². The third-order valence-electron chi connectivity index (χ3n) is 4.49. The molecule has 6 heteroatoms. The van der Waals surface area contributed by atoms with Gasteiger partial charge in [0.25, 0.3) is 0 Å². The first-order chi connectivity index (χ1) is 12.2. The number of carbonyl (C=O) groups excluding carboxylic acids is 1. The predicted molar refractivity (Wildman–Crippen MR) is 96.9 cm³/mol. The van der Waals surface area contributed by atoms with Crippen molar-refractivity contribution < 1.29 is 4.79 Å². The van der Waals surface area contributed by atoms with Gasteiger partial charge in [-0.25, -0.2) is 4.98 Å². The fourth-order valence-electron chi connectivity index (χ4n) is 3.03. The number of nitriles is 1. The molecule has 3 N–H and O–H groups in total. The molecule has 3 rings (SSSR count). The minimum atomic E-state index is -0.208. The number of benzene rings is 1. The van der Waals surface area contributed by atoms with Gasteiger partial charge in [-0.05, 0) is 42.7 Å². The van der Waals surface area contributed by atoms with E-state index in [-0.39, 0.29) is 11.8 Å². The van der Waals surface area contributed by atoms with Gasteiger partial charge in [0.05, 0.1) is 11.5 Å². The van der Waals surface area contributed by atoms with E-state index < -0.39 is 0 Å². The van der Waals surface area contributed by atoms with E-state index >= 15 is 0 Å². The van der Waals surface area contributed by atoms with Crippen molar-refractivity contribution in [1.29, 1.82) is 5.26 Å². The first kappa shape index (κ1) is 16.8. The van der Waals surface area contributed by atoms with Gasteiger partial charge in [0.2, 0.25) is 5.91 Å². The van der Waals surface area contributed by atoms with E-state index in [1.165, 1.54) is 0 Å². The van der Waals surface area contributed by atoms with Crippen LogP contribution < -0.4 is 16.0 Å². The van der Waals surface area contributed by atoms with Gasteiger partial charge >= 0.3 is 0 Å². The second kappa shape index (κ2) is 7.67. The normalized spacial score (nSPS) is 16.9. The van der Waals surface area contributed by atoms with Crippen LogP contribution in [0.3, 0.4) is 0 Å². The molecule has 0 saturated carbocycles. The highest BCUT2D eigenvalue weighted by Gasteiger charge is 2.23. The Hall–Kier alpha value is -3.07. The molecule has 0 radical (unpaired) electrons. The van der Waals surface area contributed by atoms with Gasteiger partial charge in [-0.3, -0.25) is 4.79 Å². The molecule has 1 saturated heterocycles. The number of hydrogen-bond acceptors (Lipinski definition) is 5. The third kappa shape index (κ3) is 4.27. The van der Waals surface area contributed by atoms with E-state index in [1.54, 1.807) is 18.3 Å². The van der Waals surface area contributed by atoms with E-state index in [1.807, 2.05) is 0 Å². The number of amides is 1. The zero-order valence-electron chi connectivity index (χ0n) is 14.0. The Morgan fingerprint density at radius 1 is 1.32 bits per heavy atom. The SMILES string of the molecule is N#Cc1ccc(NCc2ccc(N3CCC[C@H](C(N)=O)C3)cc2)nc1. The number of aromatic nitrogens is 1. The van der Waals surface area contributed by atoms with Crippen LogP contribution in [-0.4, -0.2) is 24.0 Å². The number of nitrogens with two attached hydrogens (primary N) is 1. The zero-order chi connectivity index (χ0) is 17.6. The van der Waals surface area contributed by atoms with Crippen molar-refractivity contribution in [3.05, 3.63) is 53.7 Å². The quantitative estimate of drug-likeness (QED) is 0.874. The Bertz CT molecular complexity index is 764. The highest BCUT2D eigenvalue weighted by atomic mass is 16.1. The Balaban J connectivity index is 1.58. The summed E-state index contributed by atoms with van der Waals surface area (Å²) >= 11 is 0. The van der Waals surface area contributed by atoms with Gasteiger partial charge in [0.1, 0.15) is 11.9 Å². The molecule has 0 bridgehead atoms. The Kier molecular flexibility index (Phi) is 5.14. The van der Waals surface area contributed by atoms with Crippen molar-refractivity contribution in [1.82, 2.24) is 4.98 Å². The molecule has 1 atom stereocenters. The van der Waals surface area contributed by atoms with Crippen LogP contribution in [0.25, 0.3) is 0 Å². The van der Waals surface area contributed by atoms with Crippen molar-refractivity contribution in [2.24, 2.45) is 11.7 Å². The molecule has 2 aromatic rings. The molecule has 25 heavy (non-hydrogen) atoms. The van der Waals surface area contributed by atoms with Crippen molar-refractivity contribution in [2.75, 3.05) is 23.3 Å². The van der Waals surface area contributed by atoms with E-state index in [0.29, 0.717) is 18.7 Å². The van der Waals surface area contributed by atoms with E-state index in [2.05, 4.69) is 45.5 Å². The summed E-state index contributed by atoms with van der Waals surface area (Å²) < 4.78 is 0. The molecule has 2 heterocycles. The second-order valence-electron chi connectivity index (χ2n) is 6.25. The lowest BCUT2D eigenvalue weighted by atomic mass is 9.97. The largest absolute Gasteiger partial charge is 0.371 e. The maximum absolute atomic E-state index is 11.4.